The highest BCUT2D eigenvalue weighted by atomic mass is 35.5. The summed E-state index contributed by atoms with van der Waals surface area (Å²) in [4.78, 5) is 4.64. The minimum Gasteiger partial charge on any atom is -0.381 e. The first-order valence-electron chi connectivity index (χ1n) is 12.9. The van der Waals surface area contributed by atoms with Gasteiger partial charge in [0, 0.05) is 48.3 Å². The van der Waals surface area contributed by atoms with Gasteiger partial charge in [-0.15, -0.1) is 5.59 Å². The molecule has 0 amide bonds. The van der Waals surface area contributed by atoms with Crippen LogP contribution in [0.3, 0.4) is 0 Å². The lowest BCUT2D eigenvalue weighted by Gasteiger charge is -2.37. The minimum atomic E-state index is -0.664. The fraction of sp³-hybridized carbons (Fsp3) is 0.552. The molecule has 0 bridgehead atoms. The molecule has 3 atom stereocenters. The van der Waals surface area contributed by atoms with Crippen LogP contribution >= 0.6 is 23.2 Å². The van der Waals surface area contributed by atoms with Crippen molar-refractivity contribution in [3.63, 3.8) is 0 Å². The molecule has 0 spiro atoms. The first-order chi connectivity index (χ1) is 17.7. The van der Waals surface area contributed by atoms with Gasteiger partial charge in [0.25, 0.3) is 0 Å². The molecular weight excluding hydrogens is 507 g/mol. The summed E-state index contributed by atoms with van der Waals surface area (Å²) in [5.74, 6) is 0.756. The van der Waals surface area contributed by atoms with Crippen molar-refractivity contribution in [2.75, 3.05) is 33.4 Å². The number of benzene rings is 2. The lowest BCUT2D eigenvalue weighted by Crippen LogP contribution is -2.44. The van der Waals surface area contributed by atoms with Crippen LogP contribution < -0.4 is 16.3 Å². The van der Waals surface area contributed by atoms with Gasteiger partial charge in [-0.05, 0) is 66.0 Å². The Kier molecular flexibility index (Phi) is 11.2. The Morgan fingerprint density at radius 1 is 1.11 bits per heavy atom. The predicted molar refractivity (Wildman–Crippen MR) is 150 cm³/mol. The quantitative estimate of drug-likeness (QED) is 0.291. The Morgan fingerprint density at radius 2 is 1.81 bits per heavy atom. The van der Waals surface area contributed by atoms with Gasteiger partial charge < -0.3 is 10.1 Å². The fourth-order valence-electron chi connectivity index (χ4n) is 5.33. The number of halogens is 2. The molecule has 0 aromatic heterocycles. The van der Waals surface area contributed by atoms with Gasteiger partial charge in [0.15, 0.2) is 0 Å². The summed E-state index contributed by atoms with van der Waals surface area (Å²) in [7, 11) is 1.59. The summed E-state index contributed by atoms with van der Waals surface area (Å²) in [6.45, 7) is 10.1. The highest BCUT2D eigenvalue weighted by molar-refractivity contribution is 6.30. The second-order valence-electron chi connectivity index (χ2n) is 11.1. The first-order valence-corrected chi connectivity index (χ1v) is 13.7. The normalized spacial score (nSPS) is 24.2. The maximum absolute atomic E-state index is 10.5. The fourth-order valence-corrected chi connectivity index (χ4v) is 5.66. The molecule has 2 saturated heterocycles. The molecule has 2 unspecified atom stereocenters. The second-order valence-corrected chi connectivity index (χ2v) is 11.9. The average molecular weight is 548 g/mol. The van der Waals surface area contributed by atoms with E-state index in [1.165, 1.54) is 0 Å². The van der Waals surface area contributed by atoms with E-state index in [0.717, 1.165) is 62.6 Å². The van der Waals surface area contributed by atoms with E-state index in [1.54, 1.807) is 7.11 Å². The SMILES string of the molecule is CC(C)(C)CC1NCC(c2cccc(Cl)c2)[C@@]1(C#N)c1ccc(Cl)cc1.CONNCC1CCOCC1. The summed E-state index contributed by atoms with van der Waals surface area (Å²) in [5, 5.41) is 15.5. The van der Waals surface area contributed by atoms with Crippen LogP contribution in [-0.4, -0.2) is 39.5 Å². The number of nitriles is 1. The van der Waals surface area contributed by atoms with Gasteiger partial charge in [-0.2, -0.15) is 5.26 Å². The van der Waals surface area contributed by atoms with Gasteiger partial charge in [0.2, 0.25) is 0 Å². The van der Waals surface area contributed by atoms with Crippen molar-refractivity contribution in [2.45, 2.75) is 57.4 Å². The third-order valence-corrected chi connectivity index (χ3v) is 7.64. The van der Waals surface area contributed by atoms with E-state index in [1.807, 2.05) is 42.5 Å². The van der Waals surface area contributed by atoms with E-state index in [-0.39, 0.29) is 17.4 Å². The summed E-state index contributed by atoms with van der Waals surface area (Å²) in [5.41, 5.74) is 7.13. The standard InChI is InChI=1S/C22H24Cl2N2.C7H16N2O2/c1-21(2,3)12-20-22(14-25,16-7-9-17(23)10-8-16)19(13-26-20)15-5-4-6-18(24)11-15;1-10-9-8-6-7-2-4-11-5-3-7/h4-11,19-20,26H,12-13H2,1-3H3;7-9H,2-6H2,1H3/t19?,20?,22-;/m1./s1. The first kappa shape index (κ1) is 29.9. The number of rotatable bonds is 7. The van der Waals surface area contributed by atoms with Crippen LogP contribution in [0, 0.1) is 22.7 Å². The highest BCUT2D eigenvalue weighted by Gasteiger charge is 2.53. The zero-order chi connectivity index (χ0) is 26.9. The molecule has 2 aliphatic rings. The molecule has 2 aromatic carbocycles. The molecule has 2 aliphatic heterocycles. The molecule has 2 fully saturated rings. The summed E-state index contributed by atoms with van der Waals surface area (Å²) < 4.78 is 5.23. The Bertz CT molecular complexity index is 1020. The summed E-state index contributed by atoms with van der Waals surface area (Å²) >= 11 is 12.4. The third kappa shape index (κ3) is 8.15. The number of hydrogen-bond donors (Lipinski definition) is 3. The average Bonchev–Trinajstić information content (AvgIpc) is 3.23. The van der Waals surface area contributed by atoms with Crippen LogP contribution in [0.2, 0.25) is 10.0 Å². The summed E-state index contributed by atoms with van der Waals surface area (Å²) in [6.07, 6.45) is 3.21. The molecule has 0 radical (unpaired) electrons. The van der Waals surface area contributed by atoms with Crippen molar-refractivity contribution in [3.8, 4) is 6.07 Å². The number of hydrazine groups is 1. The van der Waals surface area contributed by atoms with Crippen molar-refractivity contribution >= 4 is 23.2 Å². The van der Waals surface area contributed by atoms with E-state index in [4.69, 9.17) is 27.9 Å². The van der Waals surface area contributed by atoms with E-state index < -0.39 is 5.41 Å². The number of hydrogen-bond acceptors (Lipinski definition) is 6. The predicted octanol–water partition coefficient (Wildman–Crippen LogP) is 6.02. The highest BCUT2D eigenvalue weighted by Crippen LogP contribution is 2.48. The number of nitrogens with one attached hydrogen (secondary N) is 3. The molecule has 202 valence electrons. The van der Waals surface area contributed by atoms with Crippen molar-refractivity contribution in [3.05, 3.63) is 69.7 Å². The van der Waals surface area contributed by atoms with Crippen LogP contribution in [0.25, 0.3) is 0 Å². The monoisotopic (exact) mass is 546 g/mol. The van der Waals surface area contributed by atoms with Crippen LogP contribution in [0.15, 0.2) is 48.5 Å². The largest absolute Gasteiger partial charge is 0.381 e. The van der Waals surface area contributed by atoms with E-state index in [9.17, 15) is 5.26 Å². The molecule has 3 N–H and O–H groups in total. The molecule has 2 heterocycles. The molecule has 2 aromatic rings. The van der Waals surface area contributed by atoms with Crippen molar-refractivity contribution in [2.24, 2.45) is 11.3 Å². The number of nitrogens with zero attached hydrogens (tertiary/aromatic N) is 1. The van der Waals surface area contributed by atoms with Crippen molar-refractivity contribution in [1.29, 1.82) is 5.26 Å². The number of ether oxygens (including phenoxy) is 1. The van der Waals surface area contributed by atoms with E-state index >= 15 is 0 Å². The minimum absolute atomic E-state index is 0.0275. The Balaban J connectivity index is 0.000000289. The van der Waals surface area contributed by atoms with Crippen LogP contribution in [-0.2, 0) is 15.0 Å². The second kappa shape index (κ2) is 13.9. The lowest BCUT2D eigenvalue weighted by atomic mass is 9.64. The Hall–Kier alpha value is -1.69. The topological polar surface area (TPSA) is 78.3 Å². The summed E-state index contributed by atoms with van der Waals surface area (Å²) in [6, 6.07) is 18.4. The van der Waals surface area contributed by atoms with Crippen molar-refractivity contribution in [1.82, 2.24) is 16.3 Å². The third-order valence-electron chi connectivity index (χ3n) is 7.15. The van der Waals surface area contributed by atoms with Gasteiger partial charge in [-0.25, -0.2) is 5.43 Å². The maximum Gasteiger partial charge on any atom is 0.105 e. The maximum atomic E-state index is 10.5. The molecular formula is C29H40Cl2N4O2. The van der Waals surface area contributed by atoms with E-state index in [2.05, 4.69) is 54.1 Å². The zero-order valence-electron chi connectivity index (χ0n) is 22.3. The molecule has 4 rings (SSSR count). The molecule has 8 heteroatoms. The Labute approximate surface area is 231 Å². The van der Waals surface area contributed by atoms with Crippen LogP contribution in [0.5, 0.6) is 0 Å². The lowest BCUT2D eigenvalue weighted by molar-refractivity contribution is 0.0327. The van der Waals surface area contributed by atoms with Crippen molar-refractivity contribution < 1.29 is 9.57 Å². The zero-order valence-corrected chi connectivity index (χ0v) is 23.8. The van der Waals surface area contributed by atoms with E-state index in [0.29, 0.717) is 10.0 Å². The van der Waals surface area contributed by atoms with Gasteiger partial charge >= 0.3 is 0 Å². The van der Waals surface area contributed by atoms with Gasteiger partial charge in [-0.3, -0.25) is 4.84 Å². The van der Waals surface area contributed by atoms with Crippen LogP contribution in [0.1, 0.15) is 57.1 Å². The molecule has 0 aliphatic carbocycles. The Morgan fingerprint density at radius 3 is 2.41 bits per heavy atom. The van der Waals surface area contributed by atoms with Gasteiger partial charge in [0.05, 0.1) is 13.2 Å². The molecule has 37 heavy (non-hydrogen) atoms. The molecule has 0 saturated carbocycles. The van der Waals surface area contributed by atoms with Crippen LogP contribution in [0.4, 0.5) is 0 Å². The molecule has 6 nitrogen and oxygen atoms in total. The smallest absolute Gasteiger partial charge is 0.105 e. The van der Waals surface area contributed by atoms with Gasteiger partial charge in [0.1, 0.15) is 5.41 Å². The van der Waals surface area contributed by atoms with Gasteiger partial charge in [-0.1, -0.05) is 68.2 Å².